The molecule has 0 atom stereocenters. The monoisotopic (exact) mass is 412 g/mol. The van der Waals surface area contributed by atoms with Gasteiger partial charge in [0.1, 0.15) is 5.82 Å². The Morgan fingerprint density at radius 3 is 2.75 bits per heavy atom. The number of alkyl halides is 3. The molecule has 0 unspecified atom stereocenters. The number of anilines is 2. The lowest BCUT2D eigenvalue weighted by Crippen LogP contribution is -2.08. The number of nitrogens with one attached hydrogen (secondary N) is 1. The van der Waals surface area contributed by atoms with E-state index < -0.39 is 11.7 Å². The number of nitrogens with two attached hydrogens (primary N) is 1. The molecule has 0 radical (unpaired) electrons. The third-order valence-corrected chi connectivity index (χ3v) is 3.90. The minimum absolute atomic E-state index is 0.146. The van der Waals surface area contributed by atoms with E-state index in [1.54, 1.807) is 34.0 Å². The third-order valence-electron chi connectivity index (χ3n) is 2.19. The lowest BCUT2D eigenvalue weighted by molar-refractivity contribution is -0.138. The maximum atomic E-state index is 12.7. The average Bonchev–Trinajstić information content (AvgIpc) is 2.76. The Morgan fingerprint density at radius 1 is 1.40 bits per heavy atom. The second kappa shape index (κ2) is 5.95. The van der Waals surface area contributed by atoms with Crippen LogP contribution in [0.1, 0.15) is 11.1 Å². The summed E-state index contributed by atoms with van der Waals surface area (Å²) in [6.45, 7) is 0. The fourth-order valence-corrected chi connectivity index (χ4v) is 2.53. The van der Waals surface area contributed by atoms with Gasteiger partial charge in [-0.25, -0.2) is 4.98 Å². The average molecular weight is 412 g/mol. The first-order valence-corrected chi connectivity index (χ1v) is 7.19. The molecule has 3 N–H and O–H groups in total. The lowest BCUT2D eigenvalue weighted by Gasteiger charge is -2.09. The standard InChI is InChI=1S/C11H8F3IN4S/c12-11(13,14)7-3-6(1-2-8(7)15)4-17-19-10-18-9(16)5-20-10/h1-5H,16H2,(H,18,19). The molecule has 9 heteroatoms. The highest BCUT2D eigenvalue weighted by molar-refractivity contribution is 14.1. The van der Waals surface area contributed by atoms with E-state index in [4.69, 9.17) is 5.73 Å². The zero-order valence-electron chi connectivity index (χ0n) is 9.78. The van der Waals surface area contributed by atoms with Crippen molar-refractivity contribution < 1.29 is 13.2 Å². The molecule has 1 heterocycles. The summed E-state index contributed by atoms with van der Waals surface area (Å²) in [6.07, 6.45) is -3.08. The van der Waals surface area contributed by atoms with Gasteiger partial charge in [-0.2, -0.15) is 18.3 Å². The van der Waals surface area contributed by atoms with Gasteiger partial charge in [-0.15, -0.1) is 11.3 Å². The molecule has 0 aliphatic rings. The van der Waals surface area contributed by atoms with Crippen molar-refractivity contribution in [1.82, 2.24) is 4.98 Å². The molecular weight excluding hydrogens is 404 g/mol. The van der Waals surface area contributed by atoms with Gasteiger partial charge in [-0.3, -0.25) is 5.43 Å². The van der Waals surface area contributed by atoms with Crippen molar-refractivity contribution in [3.05, 3.63) is 38.3 Å². The van der Waals surface area contributed by atoms with Gasteiger partial charge in [-0.1, -0.05) is 6.07 Å². The van der Waals surface area contributed by atoms with Crippen LogP contribution in [0.2, 0.25) is 0 Å². The maximum Gasteiger partial charge on any atom is 0.417 e. The molecule has 1 aromatic carbocycles. The van der Waals surface area contributed by atoms with Crippen molar-refractivity contribution in [2.45, 2.75) is 6.18 Å². The van der Waals surface area contributed by atoms with Crippen molar-refractivity contribution in [3.63, 3.8) is 0 Å². The summed E-state index contributed by atoms with van der Waals surface area (Å²) >= 11 is 2.90. The van der Waals surface area contributed by atoms with E-state index in [2.05, 4.69) is 15.5 Å². The van der Waals surface area contributed by atoms with Crippen molar-refractivity contribution in [3.8, 4) is 0 Å². The summed E-state index contributed by atoms with van der Waals surface area (Å²) in [7, 11) is 0. The number of nitrogens with zero attached hydrogens (tertiary/aromatic N) is 2. The van der Waals surface area contributed by atoms with Gasteiger partial charge in [0.25, 0.3) is 0 Å². The van der Waals surface area contributed by atoms with E-state index in [1.165, 1.54) is 23.6 Å². The Balaban J connectivity index is 2.13. The van der Waals surface area contributed by atoms with Crippen molar-refractivity contribution in [1.29, 1.82) is 0 Å². The topological polar surface area (TPSA) is 63.3 Å². The number of benzene rings is 1. The molecule has 0 spiro atoms. The van der Waals surface area contributed by atoms with Gasteiger partial charge in [0, 0.05) is 8.95 Å². The number of aromatic nitrogens is 1. The molecule has 20 heavy (non-hydrogen) atoms. The highest BCUT2D eigenvalue weighted by Crippen LogP contribution is 2.33. The van der Waals surface area contributed by atoms with Gasteiger partial charge >= 0.3 is 6.18 Å². The Bertz CT molecular complexity index is 639. The molecule has 2 rings (SSSR count). The Hall–Kier alpha value is -1.36. The molecule has 106 valence electrons. The van der Waals surface area contributed by atoms with Crippen molar-refractivity contribution >= 4 is 51.1 Å². The number of thiazole rings is 1. The van der Waals surface area contributed by atoms with Crippen LogP contribution in [-0.2, 0) is 6.18 Å². The summed E-state index contributed by atoms with van der Waals surface area (Å²) in [5.41, 5.74) is 7.69. The van der Waals surface area contributed by atoms with E-state index in [1.807, 2.05) is 0 Å². The summed E-state index contributed by atoms with van der Waals surface area (Å²) in [5, 5.41) is 5.93. The molecule has 0 fully saturated rings. The normalized spacial score (nSPS) is 12.0. The van der Waals surface area contributed by atoms with E-state index in [9.17, 15) is 13.2 Å². The molecular formula is C11H8F3IN4S. The maximum absolute atomic E-state index is 12.7. The first kappa shape index (κ1) is 15.0. The first-order valence-electron chi connectivity index (χ1n) is 5.23. The van der Waals surface area contributed by atoms with Crippen LogP contribution in [0.25, 0.3) is 0 Å². The lowest BCUT2D eigenvalue weighted by atomic mass is 10.1. The number of rotatable bonds is 3. The van der Waals surface area contributed by atoms with Crippen LogP contribution in [0.4, 0.5) is 24.1 Å². The quantitative estimate of drug-likeness (QED) is 0.458. The van der Waals surface area contributed by atoms with Crippen LogP contribution in [0.3, 0.4) is 0 Å². The van der Waals surface area contributed by atoms with E-state index >= 15 is 0 Å². The Kier molecular flexibility index (Phi) is 4.48. The Morgan fingerprint density at radius 2 is 2.15 bits per heavy atom. The number of nitrogen functional groups attached to an aromatic ring is 1. The molecule has 0 aliphatic heterocycles. The van der Waals surface area contributed by atoms with Crippen LogP contribution >= 0.6 is 33.9 Å². The molecule has 0 aliphatic carbocycles. The second-order valence-corrected chi connectivity index (χ2v) is 5.70. The predicted molar refractivity (Wildman–Crippen MR) is 81.9 cm³/mol. The predicted octanol–water partition coefficient (Wildman–Crippen LogP) is 3.79. The highest BCUT2D eigenvalue weighted by atomic mass is 127. The van der Waals surface area contributed by atoms with Crippen molar-refractivity contribution in [2.75, 3.05) is 11.2 Å². The zero-order chi connectivity index (χ0) is 14.8. The smallest absolute Gasteiger partial charge is 0.383 e. The van der Waals surface area contributed by atoms with E-state index in [-0.39, 0.29) is 3.57 Å². The summed E-state index contributed by atoms with van der Waals surface area (Å²) < 4.78 is 38.3. The number of halogens is 4. The van der Waals surface area contributed by atoms with Crippen LogP contribution in [0, 0.1) is 3.57 Å². The SMILES string of the molecule is Nc1csc(NN=Cc2ccc(I)c(C(F)(F)F)c2)n1. The summed E-state index contributed by atoms with van der Waals surface area (Å²) in [4.78, 5) is 3.90. The third kappa shape index (κ3) is 3.82. The number of hydrogen-bond acceptors (Lipinski definition) is 5. The molecule has 4 nitrogen and oxygen atoms in total. The first-order chi connectivity index (χ1) is 9.36. The van der Waals surface area contributed by atoms with Gasteiger partial charge in [0.05, 0.1) is 11.8 Å². The van der Waals surface area contributed by atoms with Gasteiger partial charge in [-0.05, 0) is 40.3 Å². The molecule has 2 aromatic rings. The van der Waals surface area contributed by atoms with E-state index in [0.29, 0.717) is 16.5 Å². The fraction of sp³-hybridized carbons (Fsp3) is 0.0909. The number of hydrogen-bond donors (Lipinski definition) is 2. The fourth-order valence-electron chi connectivity index (χ4n) is 1.34. The van der Waals surface area contributed by atoms with Crippen LogP contribution in [-0.4, -0.2) is 11.2 Å². The molecule has 0 bridgehead atoms. The highest BCUT2D eigenvalue weighted by Gasteiger charge is 2.32. The zero-order valence-corrected chi connectivity index (χ0v) is 12.8. The minimum atomic E-state index is -4.38. The minimum Gasteiger partial charge on any atom is -0.383 e. The molecule has 0 saturated carbocycles. The second-order valence-electron chi connectivity index (χ2n) is 3.68. The van der Waals surface area contributed by atoms with Crippen LogP contribution < -0.4 is 11.2 Å². The largest absolute Gasteiger partial charge is 0.417 e. The molecule has 0 amide bonds. The number of hydrazone groups is 1. The van der Waals surface area contributed by atoms with Crippen LogP contribution in [0.15, 0.2) is 28.7 Å². The van der Waals surface area contributed by atoms with Gasteiger partial charge in [0.2, 0.25) is 5.13 Å². The van der Waals surface area contributed by atoms with Crippen LogP contribution in [0.5, 0.6) is 0 Å². The molecule has 0 saturated heterocycles. The summed E-state index contributed by atoms with van der Waals surface area (Å²) in [6, 6.07) is 3.99. The Labute approximate surface area is 130 Å². The van der Waals surface area contributed by atoms with Gasteiger partial charge in [0.15, 0.2) is 0 Å². The molecule has 1 aromatic heterocycles. The summed E-state index contributed by atoms with van der Waals surface area (Å²) in [5.74, 6) is 0.362. The van der Waals surface area contributed by atoms with Gasteiger partial charge < -0.3 is 5.73 Å². The van der Waals surface area contributed by atoms with E-state index in [0.717, 1.165) is 6.07 Å². The van der Waals surface area contributed by atoms with Crippen molar-refractivity contribution in [2.24, 2.45) is 5.10 Å².